The zero-order chi connectivity index (χ0) is 12.4. The first-order chi connectivity index (χ1) is 8.10. The molecule has 4 nitrogen and oxygen atoms in total. The molecule has 17 heavy (non-hydrogen) atoms. The Kier molecular flexibility index (Phi) is 3.61. The predicted octanol–water partition coefficient (Wildman–Crippen LogP) is 2.63. The summed E-state index contributed by atoms with van der Waals surface area (Å²) in [6.07, 6.45) is 0.600. The summed E-state index contributed by atoms with van der Waals surface area (Å²) in [6, 6.07) is 4.92. The fourth-order valence-corrected chi connectivity index (χ4v) is 2.48. The number of hydrogen-bond donors (Lipinski definition) is 2. The van der Waals surface area contributed by atoms with E-state index in [9.17, 15) is 4.79 Å². The maximum absolute atomic E-state index is 11.6. The number of thiazole rings is 1. The van der Waals surface area contributed by atoms with Gasteiger partial charge in [0.25, 0.3) is 0 Å². The Morgan fingerprint density at radius 3 is 3.12 bits per heavy atom. The van der Waals surface area contributed by atoms with E-state index in [1.807, 2.05) is 19.1 Å². The molecule has 0 bridgehead atoms. The van der Waals surface area contributed by atoms with Gasteiger partial charge in [-0.05, 0) is 24.6 Å². The van der Waals surface area contributed by atoms with Crippen LogP contribution >= 0.6 is 22.9 Å². The molecule has 0 spiro atoms. The number of halogens is 1. The zero-order valence-electron chi connectivity index (χ0n) is 9.24. The van der Waals surface area contributed by atoms with Crippen LogP contribution in [-0.4, -0.2) is 16.9 Å². The first-order valence-corrected chi connectivity index (χ1v) is 6.42. The second kappa shape index (κ2) is 5.00. The standard InChI is InChI=1S/C11H12ClN3OS/c1-2-7(13)10(16)15-11-14-8-4-3-6(12)5-9(8)17-11/h3-5,7H,2,13H2,1H3,(H,14,15,16). The number of carbonyl (C=O) groups is 1. The molecule has 0 saturated carbocycles. The molecule has 0 radical (unpaired) electrons. The second-order valence-electron chi connectivity index (χ2n) is 3.64. The summed E-state index contributed by atoms with van der Waals surface area (Å²) >= 11 is 7.26. The molecule has 0 aliphatic rings. The molecule has 1 heterocycles. The minimum Gasteiger partial charge on any atom is -0.320 e. The quantitative estimate of drug-likeness (QED) is 0.900. The van der Waals surface area contributed by atoms with Gasteiger partial charge in [-0.25, -0.2) is 4.98 Å². The van der Waals surface area contributed by atoms with E-state index in [2.05, 4.69) is 10.3 Å². The van der Waals surface area contributed by atoms with Crippen molar-refractivity contribution in [3.63, 3.8) is 0 Å². The van der Waals surface area contributed by atoms with Gasteiger partial charge in [0.2, 0.25) is 5.91 Å². The number of fused-ring (bicyclic) bond motifs is 1. The van der Waals surface area contributed by atoms with Crippen LogP contribution in [0.2, 0.25) is 5.02 Å². The van der Waals surface area contributed by atoms with Crippen LogP contribution in [0.15, 0.2) is 18.2 Å². The molecule has 1 aromatic carbocycles. The molecule has 0 saturated heterocycles. The van der Waals surface area contributed by atoms with Crippen molar-refractivity contribution in [2.45, 2.75) is 19.4 Å². The molecule has 2 aromatic rings. The summed E-state index contributed by atoms with van der Waals surface area (Å²) in [4.78, 5) is 15.9. The lowest BCUT2D eigenvalue weighted by Crippen LogP contribution is -2.34. The number of rotatable bonds is 3. The van der Waals surface area contributed by atoms with Crippen LogP contribution < -0.4 is 11.1 Å². The van der Waals surface area contributed by atoms with E-state index in [0.29, 0.717) is 16.6 Å². The molecule has 1 unspecified atom stereocenters. The largest absolute Gasteiger partial charge is 0.320 e. The Hall–Kier alpha value is -1.17. The second-order valence-corrected chi connectivity index (χ2v) is 5.10. The number of anilines is 1. The molecular weight excluding hydrogens is 258 g/mol. The number of carbonyl (C=O) groups excluding carboxylic acids is 1. The molecule has 6 heteroatoms. The number of benzene rings is 1. The highest BCUT2D eigenvalue weighted by atomic mass is 35.5. The van der Waals surface area contributed by atoms with E-state index in [1.54, 1.807) is 6.07 Å². The Balaban J connectivity index is 2.22. The van der Waals surface area contributed by atoms with Crippen molar-refractivity contribution >= 4 is 44.2 Å². The number of nitrogens with two attached hydrogens (primary N) is 1. The van der Waals surface area contributed by atoms with Crippen molar-refractivity contribution < 1.29 is 4.79 Å². The Morgan fingerprint density at radius 1 is 1.65 bits per heavy atom. The van der Waals surface area contributed by atoms with Gasteiger partial charge >= 0.3 is 0 Å². The summed E-state index contributed by atoms with van der Waals surface area (Å²) in [7, 11) is 0. The molecule has 90 valence electrons. The minimum atomic E-state index is -0.495. The lowest BCUT2D eigenvalue weighted by Gasteiger charge is -2.06. The lowest BCUT2D eigenvalue weighted by atomic mass is 10.2. The molecule has 1 amide bonds. The SMILES string of the molecule is CCC(N)C(=O)Nc1nc2ccc(Cl)cc2s1. The molecule has 0 aliphatic heterocycles. The smallest absolute Gasteiger partial charge is 0.243 e. The molecule has 1 atom stereocenters. The molecule has 2 rings (SSSR count). The van der Waals surface area contributed by atoms with Gasteiger partial charge in [-0.1, -0.05) is 29.9 Å². The third-order valence-corrected chi connectivity index (χ3v) is 3.53. The summed E-state index contributed by atoms with van der Waals surface area (Å²) in [5.74, 6) is -0.211. The van der Waals surface area contributed by atoms with E-state index >= 15 is 0 Å². The van der Waals surface area contributed by atoms with Gasteiger partial charge < -0.3 is 11.1 Å². The van der Waals surface area contributed by atoms with Crippen molar-refractivity contribution in [1.29, 1.82) is 0 Å². The predicted molar refractivity (Wildman–Crippen MR) is 71.5 cm³/mol. The summed E-state index contributed by atoms with van der Waals surface area (Å²) in [5.41, 5.74) is 6.45. The van der Waals surface area contributed by atoms with Crippen LogP contribution in [0.3, 0.4) is 0 Å². The summed E-state index contributed by atoms with van der Waals surface area (Å²) in [6.45, 7) is 1.86. The molecule has 0 aliphatic carbocycles. The van der Waals surface area contributed by atoms with Crippen LogP contribution in [0.1, 0.15) is 13.3 Å². The van der Waals surface area contributed by atoms with Crippen molar-refractivity contribution in [3.05, 3.63) is 23.2 Å². The molecule has 1 aromatic heterocycles. The number of nitrogens with one attached hydrogen (secondary N) is 1. The fraction of sp³-hybridized carbons (Fsp3) is 0.273. The zero-order valence-corrected chi connectivity index (χ0v) is 10.8. The van der Waals surface area contributed by atoms with Crippen molar-refractivity contribution in [2.24, 2.45) is 5.73 Å². The van der Waals surface area contributed by atoms with Crippen LogP contribution in [0, 0.1) is 0 Å². The van der Waals surface area contributed by atoms with Gasteiger partial charge in [0, 0.05) is 5.02 Å². The monoisotopic (exact) mass is 269 g/mol. The van der Waals surface area contributed by atoms with Crippen molar-refractivity contribution in [2.75, 3.05) is 5.32 Å². The van der Waals surface area contributed by atoms with Gasteiger partial charge in [0.15, 0.2) is 5.13 Å². The van der Waals surface area contributed by atoms with Crippen LogP contribution in [0.5, 0.6) is 0 Å². The number of hydrogen-bond acceptors (Lipinski definition) is 4. The first kappa shape index (κ1) is 12.3. The third-order valence-electron chi connectivity index (χ3n) is 2.36. The van der Waals surface area contributed by atoms with Gasteiger partial charge in [0.1, 0.15) is 0 Å². The van der Waals surface area contributed by atoms with Gasteiger partial charge in [0.05, 0.1) is 16.3 Å². The highest BCUT2D eigenvalue weighted by molar-refractivity contribution is 7.22. The van der Waals surface area contributed by atoms with E-state index in [0.717, 1.165) is 10.2 Å². The topological polar surface area (TPSA) is 68.0 Å². The summed E-state index contributed by atoms with van der Waals surface area (Å²) < 4.78 is 0.942. The Morgan fingerprint density at radius 2 is 2.41 bits per heavy atom. The van der Waals surface area contributed by atoms with Crippen molar-refractivity contribution in [1.82, 2.24) is 4.98 Å². The van der Waals surface area contributed by atoms with E-state index < -0.39 is 6.04 Å². The van der Waals surface area contributed by atoms with Gasteiger partial charge in [-0.3, -0.25) is 4.79 Å². The highest BCUT2D eigenvalue weighted by Crippen LogP contribution is 2.28. The number of aromatic nitrogens is 1. The van der Waals surface area contributed by atoms with E-state index in [4.69, 9.17) is 17.3 Å². The Labute approximate surface area is 108 Å². The molecular formula is C11H12ClN3OS. The third kappa shape index (κ3) is 2.74. The Bertz CT molecular complexity index is 555. The lowest BCUT2D eigenvalue weighted by molar-refractivity contribution is -0.117. The minimum absolute atomic E-state index is 0.211. The molecule has 0 fully saturated rings. The van der Waals surface area contributed by atoms with Gasteiger partial charge in [-0.2, -0.15) is 0 Å². The van der Waals surface area contributed by atoms with E-state index in [-0.39, 0.29) is 5.91 Å². The average molecular weight is 270 g/mol. The number of amides is 1. The highest BCUT2D eigenvalue weighted by Gasteiger charge is 2.13. The van der Waals surface area contributed by atoms with Crippen LogP contribution in [0.4, 0.5) is 5.13 Å². The maximum Gasteiger partial charge on any atom is 0.243 e. The van der Waals surface area contributed by atoms with E-state index in [1.165, 1.54) is 11.3 Å². The number of nitrogens with zero attached hydrogens (tertiary/aromatic N) is 1. The first-order valence-electron chi connectivity index (χ1n) is 5.22. The average Bonchev–Trinajstić information content (AvgIpc) is 2.69. The molecule has 3 N–H and O–H groups in total. The normalized spacial score (nSPS) is 12.6. The van der Waals surface area contributed by atoms with Crippen LogP contribution in [-0.2, 0) is 4.79 Å². The van der Waals surface area contributed by atoms with Gasteiger partial charge in [-0.15, -0.1) is 0 Å². The summed E-state index contributed by atoms with van der Waals surface area (Å²) in [5, 5.41) is 3.91. The van der Waals surface area contributed by atoms with Crippen LogP contribution in [0.25, 0.3) is 10.2 Å². The van der Waals surface area contributed by atoms with Crippen molar-refractivity contribution in [3.8, 4) is 0 Å². The maximum atomic E-state index is 11.6. The fourth-order valence-electron chi connectivity index (χ4n) is 1.34.